The van der Waals surface area contributed by atoms with Gasteiger partial charge in [0.25, 0.3) is 0 Å². The van der Waals surface area contributed by atoms with Crippen molar-refractivity contribution in [1.29, 1.82) is 0 Å². The van der Waals surface area contributed by atoms with Crippen LogP contribution < -0.4 is 5.32 Å². The Morgan fingerprint density at radius 2 is 1.90 bits per heavy atom. The number of halogens is 1. The molecule has 0 unspecified atom stereocenters. The minimum atomic E-state index is 0.376. The summed E-state index contributed by atoms with van der Waals surface area (Å²) in [7, 11) is 0. The maximum atomic E-state index is 9.88. The molecule has 1 aliphatic carbocycles. The van der Waals surface area contributed by atoms with Crippen molar-refractivity contribution < 1.29 is 5.11 Å². The second-order valence-electron chi connectivity index (χ2n) is 5.98. The molecule has 0 radical (unpaired) electrons. The van der Waals surface area contributed by atoms with Gasteiger partial charge in [0, 0.05) is 36.7 Å². The molecule has 1 aromatic rings. The second-order valence-corrected chi connectivity index (χ2v) is 6.84. The van der Waals surface area contributed by atoms with Crippen LogP contribution in [0.1, 0.15) is 37.3 Å². The van der Waals surface area contributed by atoms with E-state index in [1.165, 1.54) is 31.2 Å². The van der Waals surface area contributed by atoms with E-state index in [-0.39, 0.29) is 0 Å². The first-order valence-corrected chi connectivity index (χ1v) is 8.48. The van der Waals surface area contributed by atoms with E-state index in [1.807, 2.05) is 12.1 Å². The average Bonchev–Trinajstić information content (AvgIpc) is 2.98. The number of piperazine rings is 1. The van der Waals surface area contributed by atoms with Gasteiger partial charge in [0.1, 0.15) is 5.75 Å². The molecule has 0 amide bonds. The molecule has 1 aliphatic heterocycles. The molecule has 2 N–H and O–H groups in total. The van der Waals surface area contributed by atoms with E-state index in [4.69, 9.17) is 0 Å². The molecule has 20 heavy (non-hydrogen) atoms. The third-order valence-corrected chi connectivity index (χ3v) is 5.41. The Kier molecular flexibility index (Phi) is 4.64. The van der Waals surface area contributed by atoms with Gasteiger partial charge >= 0.3 is 0 Å². The Bertz CT molecular complexity index is 454. The SMILES string of the molecule is Oc1ccc(Br)c([C@H](C2CCCC2)N2CCNCC2)c1. The van der Waals surface area contributed by atoms with Crippen LogP contribution in [0, 0.1) is 5.92 Å². The van der Waals surface area contributed by atoms with E-state index >= 15 is 0 Å². The predicted octanol–water partition coefficient (Wildman–Crippen LogP) is 3.29. The normalized spacial score (nSPS) is 23.1. The number of nitrogens with zero attached hydrogens (tertiary/aromatic N) is 1. The van der Waals surface area contributed by atoms with Crippen LogP contribution >= 0.6 is 15.9 Å². The fraction of sp³-hybridized carbons (Fsp3) is 0.625. The molecule has 1 aromatic carbocycles. The van der Waals surface area contributed by atoms with Gasteiger partial charge in [-0.05, 0) is 42.5 Å². The molecule has 2 aliphatic rings. The van der Waals surface area contributed by atoms with Crippen LogP contribution in [0.15, 0.2) is 22.7 Å². The van der Waals surface area contributed by atoms with Crippen LogP contribution in [0.25, 0.3) is 0 Å². The van der Waals surface area contributed by atoms with Gasteiger partial charge in [0.15, 0.2) is 0 Å². The number of hydrogen-bond acceptors (Lipinski definition) is 3. The first kappa shape index (κ1) is 14.4. The van der Waals surface area contributed by atoms with Crippen molar-refractivity contribution in [2.75, 3.05) is 26.2 Å². The number of hydrogen-bond donors (Lipinski definition) is 2. The topological polar surface area (TPSA) is 35.5 Å². The molecule has 2 fully saturated rings. The van der Waals surface area contributed by atoms with Crippen LogP contribution in [0.4, 0.5) is 0 Å². The van der Waals surface area contributed by atoms with Crippen LogP contribution in [0.2, 0.25) is 0 Å². The molecular formula is C16H23BrN2O. The highest BCUT2D eigenvalue weighted by Crippen LogP contribution is 2.42. The molecule has 4 heteroatoms. The Labute approximate surface area is 129 Å². The summed E-state index contributed by atoms with van der Waals surface area (Å²) in [6.45, 7) is 4.34. The first-order valence-electron chi connectivity index (χ1n) is 7.69. The third kappa shape index (κ3) is 3.02. The number of rotatable bonds is 3. The molecule has 0 spiro atoms. The quantitative estimate of drug-likeness (QED) is 0.887. The van der Waals surface area contributed by atoms with E-state index < -0.39 is 0 Å². The number of phenolic OH excluding ortho intramolecular Hbond substituents is 1. The zero-order valence-corrected chi connectivity index (χ0v) is 13.4. The van der Waals surface area contributed by atoms with Gasteiger partial charge in [-0.15, -0.1) is 0 Å². The number of aromatic hydroxyl groups is 1. The fourth-order valence-electron chi connectivity index (χ4n) is 3.74. The van der Waals surface area contributed by atoms with Crippen LogP contribution in [-0.2, 0) is 0 Å². The molecule has 3 rings (SSSR count). The lowest BCUT2D eigenvalue weighted by molar-refractivity contribution is 0.125. The Morgan fingerprint density at radius 3 is 2.60 bits per heavy atom. The summed E-state index contributed by atoms with van der Waals surface area (Å²) in [4.78, 5) is 2.60. The van der Waals surface area contributed by atoms with E-state index in [0.29, 0.717) is 11.8 Å². The maximum Gasteiger partial charge on any atom is 0.115 e. The fourth-order valence-corrected chi connectivity index (χ4v) is 4.22. The van der Waals surface area contributed by atoms with Gasteiger partial charge in [-0.3, -0.25) is 4.90 Å². The lowest BCUT2D eigenvalue weighted by Gasteiger charge is -2.39. The van der Waals surface area contributed by atoms with E-state index in [2.05, 4.69) is 26.1 Å². The van der Waals surface area contributed by atoms with Crippen molar-refractivity contribution in [1.82, 2.24) is 10.2 Å². The highest BCUT2D eigenvalue weighted by Gasteiger charge is 2.33. The summed E-state index contributed by atoms with van der Waals surface area (Å²) in [6.07, 6.45) is 5.33. The lowest BCUT2D eigenvalue weighted by atomic mass is 9.89. The zero-order valence-electron chi connectivity index (χ0n) is 11.8. The monoisotopic (exact) mass is 338 g/mol. The average molecular weight is 339 g/mol. The van der Waals surface area contributed by atoms with Crippen LogP contribution in [0.3, 0.4) is 0 Å². The largest absolute Gasteiger partial charge is 0.508 e. The minimum absolute atomic E-state index is 0.376. The van der Waals surface area contributed by atoms with Gasteiger partial charge in [0.05, 0.1) is 0 Å². The molecule has 0 aromatic heterocycles. The van der Waals surface area contributed by atoms with E-state index in [9.17, 15) is 5.11 Å². The van der Waals surface area contributed by atoms with Crippen molar-refractivity contribution in [3.05, 3.63) is 28.2 Å². The summed E-state index contributed by atoms with van der Waals surface area (Å²) in [6, 6.07) is 6.14. The van der Waals surface area contributed by atoms with Gasteiger partial charge < -0.3 is 10.4 Å². The summed E-state index contributed by atoms with van der Waals surface area (Å²) in [5.74, 6) is 1.10. The number of benzene rings is 1. The van der Waals surface area contributed by atoms with E-state index in [0.717, 1.165) is 36.6 Å². The van der Waals surface area contributed by atoms with E-state index in [1.54, 1.807) is 6.07 Å². The first-order chi connectivity index (χ1) is 9.75. The van der Waals surface area contributed by atoms with Gasteiger partial charge in [-0.2, -0.15) is 0 Å². The molecule has 1 saturated carbocycles. The number of nitrogens with one attached hydrogen (secondary N) is 1. The summed E-state index contributed by atoms with van der Waals surface area (Å²) in [5, 5.41) is 13.3. The van der Waals surface area contributed by atoms with Crippen LogP contribution in [-0.4, -0.2) is 36.2 Å². The van der Waals surface area contributed by atoms with Crippen molar-refractivity contribution >= 4 is 15.9 Å². The minimum Gasteiger partial charge on any atom is -0.508 e. The molecule has 1 atom stereocenters. The van der Waals surface area contributed by atoms with Gasteiger partial charge in [-0.1, -0.05) is 28.8 Å². The van der Waals surface area contributed by atoms with Crippen molar-refractivity contribution in [2.24, 2.45) is 5.92 Å². The molecule has 1 heterocycles. The smallest absolute Gasteiger partial charge is 0.115 e. The Morgan fingerprint density at radius 1 is 1.20 bits per heavy atom. The summed E-state index contributed by atoms with van der Waals surface area (Å²) >= 11 is 3.69. The Balaban J connectivity index is 1.92. The van der Waals surface area contributed by atoms with Gasteiger partial charge in [-0.25, -0.2) is 0 Å². The predicted molar refractivity (Wildman–Crippen MR) is 84.9 cm³/mol. The standard InChI is InChI=1S/C16H23BrN2O/c17-15-6-5-13(20)11-14(15)16(12-3-1-2-4-12)19-9-7-18-8-10-19/h5-6,11-12,16,18,20H,1-4,7-10H2/t16-/m0/s1. The summed E-state index contributed by atoms with van der Waals surface area (Å²) < 4.78 is 1.13. The third-order valence-electron chi connectivity index (χ3n) is 4.69. The maximum absolute atomic E-state index is 9.88. The molecule has 1 saturated heterocycles. The highest BCUT2D eigenvalue weighted by molar-refractivity contribution is 9.10. The molecule has 3 nitrogen and oxygen atoms in total. The van der Waals surface area contributed by atoms with Crippen molar-refractivity contribution in [3.63, 3.8) is 0 Å². The Hall–Kier alpha value is -0.580. The summed E-state index contributed by atoms with van der Waals surface area (Å²) in [5.41, 5.74) is 1.26. The second kappa shape index (κ2) is 6.46. The molecule has 0 bridgehead atoms. The highest BCUT2D eigenvalue weighted by atomic mass is 79.9. The lowest BCUT2D eigenvalue weighted by Crippen LogP contribution is -2.46. The molecule has 110 valence electrons. The zero-order chi connectivity index (χ0) is 13.9. The van der Waals surface area contributed by atoms with Crippen molar-refractivity contribution in [2.45, 2.75) is 31.7 Å². The van der Waals surface area contributed by atoms with Gasteiger partial charge in [0.2, 0.25) is 0 Å². The number of phenols is 1. The molecular weight excluding hydrogens is 316 g/mol. The van der Waals surface area contributed by atoms with Crippen LogP contribution in [0.5, 0.6) is 5.75 Å². The van der Waals surface area contributed by atoms with Crippen molar-refractivity contribution in [3.8, 4) is 5.75 Å².